The van der Waals surface area contributed by atoms with Crippen molar-refractivity contribution in [2.45, 2.75) is 42.7 Å². The molecule has 2 atom stereocenters. The minimum atomic E-state index is -1.05. The maximum Gasteiger partial charge on any atom is 4.00 e. The van der Waals surface area contributed by atoms with Crippen LogP contribution in [-0.2, 0) is 25.8 Å². The van der Waals surface area contributed by atoms with E-state index in [4.69, 9.17) is 0 Å². The van der Waals surface area contributed by atoms with Crippen LogP contribution >= 0.6 is 15.9 Å². The third kappa shape index (κ3) is 14.4. The first-order chi connectivity index (χ1) is 8.40. The van der Waals surface area contributed by atoms with Crippen LogP contribution in [-0.4, -0.2) is 54.3 Å². The molecule has 0 aromatic heterocycles. The third-order valence-electron chi connectivity index (χ3n) is 3.00. The summed E-state index contributed by atoms with van der Waals surface area (Å²) < 4.78 is 0. The molecule has 0 aromatic carbocycles. The molecule has 0 heterocycles. The molecule has 0 bridgehead atoms. The van der Waals surface area contributed by atoms with Gasteiger partial charge < -0.3 is 23.4 Å². The smallest absolute Gasteiger partial charge is 0.668 e. The average Bonchev–Trinajstić information content (AvgIpc) is 2.67. The second-order valence-electron chi connectivity index (χ2n) is 5.41. The maximum atomic E-state index is 4.33. The fraction of sp³-hybridized carbons (Fsp3) is 0.929. The van der Waals surface area contributed by atoms with Crippen molar-refractivity contribution in [2.24, 2.45) is 0 Å². The fourth-order valence-electron chi connectivity index (χ4n) is 2.32. The van der Waals surface area contributed by atoms with Crippen molar-refractivity contribution in [1.82, 2.24) is 0 Å². The van der Waals surface area contributed by atoms with Gasteiger partial charge in [-0.25, -0.2) is 0 Å². The number of hydrogen-bond acceptors (Lipinski definition) is 0. The van der Waals surface area contributed by atoms with Crippen LogP contribution in [0.5, 0.6) is 0 Å². The minimum absolute atomic E-state index is 0. The van der Waals surface area contributed by atoms with E-state index in [1.807, 2.05) is 7.05 Å². The molecule has 6 heteroatoms. The van der Waals surface area contributed by atoms with E-state index in [1.54, 1.807) is 28.2 Å². The zero-order chi connectivity index (χ0) is 14.6. The van der Waals surface area contributed by atoms with E-state index in [9.17, 15) is 0 Å². The van der Waals surface area contributed by atoms with Gasteiger partial charge in [0.05, 0.1) is 0 Å². The van der Waals surface area contributed by atoms with Crippen molar-refractivity contribution in [1.29, 1.82) is 0 Å². The number of nitrogens with zero attached hydrogens (tertiary/aromatic N) is 3. The normalized spacial score (nSPS) is 20.4. The van der Waals surface area contributed by atoms with E-state index in [0.717, 1.165) is 16.5 Å². The summed E-state index contributed by atoms with van der Waals surface area (Å²) in [5.74, 6) is 0. The molecular formula is C14H34BrHfN3Si. The molecule has 2 unspecified atom stereocenters. The fourth-order valence-corrected chi connectivity index (χ4v) is 8.24. The average molecular weight is 531 g/mol. The Morgan fingerprint density at radius 2 is 1.40 bits per heavy atom. The molecule has 1 fully saturated rings. The summed E-state index contributed by atoms with van der Waals surface area (Å²) in [5.41, 5.74) is 0.959. The molecule has 20 heavy (non-hydrogen) atoms. The molecule has 0 N–H and O–H groups in total. The van der Waals surface area contributed by atoms with Gasteiger partial charge in [0.1, 0.15) is 0 Å². The summed E-state index contributed by atoms with van der Waals surface area (Å²) in [6.45, 7) is 4.95. The Bertz CT molecular complexity index is 184. The molecule has 3 nitrogen and oxygen atoms in total. The van der Waals surface area contributed by atoms with Crippen LogP contribution < -0.4 is 0 Å². The zero-order valence-corrected chi connectivity index (χ0v) is 20.9. The van der Waals surface area contributed by atoms with Gasteiger partial charge in [-0.15, -0.1) is 0 Å². The maximum absolute atomic E-state index is 4.33. The Morgan fingerprint density at radius 1 is 1.00 bits per heavy atom. The van der Waals surface area contributed by atoms with Crippen LogP contribution in [0.25, 0.3) is 16.0 Å². The number of alkyl halides is 1. The Hall–Kier alpha value is 1.45. The largest absolute Gasteiger partial charge is 4.00 e. The predicted octanol–water partition coefficient (Wildman–Crippen LogP) is 5.24. The van der Waals surface area contributed by atoms with Crippen molar-refractivity contribution in [3.63, 3.8) is 0 Å². The van der Waals surface area contributed by atoms with Gasteiger partial charge in [-0.1, -0.05) is 41.9 Å². The van der Waals surface area contributed by atoms with Gasteiger partial charge in [0, 0.05) is 12.9 Å². The Morgan fingerprint density at radius 3 is 1.65 bits per heavy atom. The van der Waals surface area contributed by atoms with Crippen LogP contribution in [0.1, 0.15) is 19.3 Å². The van der Waals surface area contributed by atoms with Crippen LogP contribution in [0.2, 0.25) is 18.6 Å². The summed E-state index contributed by atoms with van der Waals surface area (Å²) in [6.07, 6.45) is 5.37. The molecule has 1 aliphatic carbocycles. The summed E-state index contributed by atoms with van der Waals surface area (Å²) in [6, 6.07) is 0. The molecule has 0 saturated heterocycles. The van der Waals surface area contributed by atoms with Crippen molar-refractivity contribution in [2.75, 3.05) is 41.4 Å². The second-order valence-corrected chi connectivity index (χ2v) is 11.6. The molecule has 120 valence electrons. The molecule has 0 amide bonds. The topological polar surface area (TPSA) is 42.3 Å². The van der Waals surface area contributed by atoms with Crippen molar-refractivity contribution >= 4 is 24.0 Å². The number of hydrogen-bond donors (Lipinski definition) is 0. The standard InChI is InChI=1S/C9H19BrNSi.2C2H6N.CH3.Hf/c1-11-7-12(2,3)9-6-4-5-8(9)10;2*1-3-2;;/h8-9H,4-7H2,1-3H3;2*1-2H3;1H3;/q4*-1;+4. The Kier molecular flexibility index (Phi) is 27.2. The summed E-state index contributed by atoms with van der Waals surface area (Å²) in [5, 5.41) is 11.3. The van der Waals surface area contributed by atoms with E-state index in [0.29, 0.717) is 0 Å². The molecule has 1 saturated carbocycles. The van der Waals surface area contributed by atoms with Gasteiger partial charge in [0.2, 0.25) is 0 Å². The zero-order valence-electron chi connectivity index (χ0n) is 14.7. The predicted molar refractivity (Wildman–Crippen MR) is 98.8 cm³/mol. The van der Waals surface area contributed by atoms with E-state index in [1.165, 1.54) is 19.3 Å². The second kappa shape index (κ2) is 18.5. The van der Waals surface area contributed by atoms with Gasteiger partial charge >= 0.3 is 25.8 Å². The molecule has 0 radical (unpaired) electrons. The van der Waals surface area contributed by atoms with Gasteiger partial charge in [-0.3, -0.25) is 0 Å². The SMILES string of the molecule is C[N-]C.C[N-]C.C[N-]C[Si](C)(C)C1CCCC1Br.[CH3-].[Hf+4]. The third-order valence-corrected chi connectivity index (χ3v) is 8.41. The molecule has 0 aromatic rings. The summed E-state index contributed by atoms with van der Waals surface area (Å²) in [4.78, 5) is 0.793. The Balaban J connectivity index is -0.000000139. The van der Waals surface area contributed by atoms with Gasteiger partial charge in [0.15, 0.2) is 0 Å². The van der Waals surface area contributed by atoms with Crippen LogP contribution in [0.15, 0.2) is 0 Å². The van der Waals surface area contributed by atoms with E-state index >= 15 is 0 Å². The van der Waals surface area contributed by atoms with Crippen molar-refractivity contribution in [3.8, 4) is 0 Å². The summed E-state index contributed by atoms with van der Waals surface area (Å²) >= 11 is 3.80. The molecule has 0 aliphatic heterocycles. The van der Waals surface area contributed by atoms with Crippen LogP contribution in [0.4, 0.5) is 0 Å². The quantitative estimate of drug-likeness (QED) is 0.272. The number of halogens is 1. The van der Waals surface area contributed by atoms with Crippen molar-refractivity contribution < 1.29 is 25.8 Å². The minimum Gasteiger partial charge on any atom is -0.668 e. The van der Waals surface area contributed by atoms with Gasteiger partial charge in [-0.05, 0) is 12.0 Å². The number of rotatable bonds is 3. The summed E-state index contributed by atoms with van der Waals surface area (Å²) in [7, 11) is 7.90. The van der Waals surface area contributed by atoms with E-state index in [-0.39, 0.29) is 33.3 Å². The van der Waals surface area contributed by atoms with Gasteiger partial charge in [-0.2, -0.15) is 41.4 Å². The van der Waals surface area contributed by atoms with E-state index < -0.39 is 8.07 Å². The van der Waals surface area contributed by atoms with Crippen LogP contribution in [0, 0.1) is 7.43 Å². The first-order valence-electron chi connectivity index (χ1n) is 6.56. The Labute approximate surface area is 156 Å². The molecule has 0 spiro atoms. The van der Waals surface area contributed by atoms with Crippen LogP contribution in [0.3, 0.4) is 0 Å². The molecular weight excluding hydrogens is 497 g/mol. The first-order valence-corrected chi connectivity index (χ1v) is 10.8. The van der Waals surface area contributed by atoms with Crippen molar-refractivity contribution in [3.05, 3.63) is 23.4 Å². The molecule has 1 rings (SSSR count). The van der Waals surface area contributed by atoms with E-state index in [2.05, 4.69) is 45.0 Å². The first kappa shape index (κ1) is 29.5. The van der Waals surface area contributed by atoms with Gasteiger partial charge in [0.25, 0.3) is 0 Å². The molecule has 1 aliphatic rings. The monoisotopic (exact) mass is 531 g/mol.